The molecule has 7 heteroatoms. The third-order valence-electron chi connectivity index (χ3n) is 4.54. The highest BCUT2D eigenvalue weighted by Crippen LogP contribution is 2.23. The number of pyridine rings is 1. The highest BCUT2D eigenvalue weighted by atomic mass is 32.2. The van der Waals surface area contributed by atoms with Crippen LogP contribution in [0.4, 0.5) is 5.69 Å². The number of carboxylic acid groups (broad SMARTS) is 1. The summed E-state index contributed by atoms with van der Waals surface area (Å²) in [7, 11) is -3.82. The van der Waals surface area contributed by atoms with E-state index in [1.54, 1.807) is 42.5 Å². The van der Waals surface area contributed by atoms with Gasteiger partial charge in [-0.05, 0) is 53.1 Å². The first-order chi connectivity index (χ1) is 14.9. The van der Waals surface area contributed by atoms with E-state index in [1.807, 2.05) is 24.3 Å². The minimum atomic E-state index is -3.82. The molecule has 0 aliphatic carbocycles. The SMILES string of the molecule is O=C(O)c1ccc(C#Cc2ccccc2NS(=O)(=O)c2ccc3ccccc3c2)nc1. The molecule has 6 nitrogen and oxygen atoms in total. The summed E-state index contributed by atoms with van der Waals surface area (Å²) in [6.45, 7) is 0. The van der Waals surface area contributed by atoms with Crippen molar-refractivity contribution in [3.8, 4) is 11.8 Å². The molecule has 1 aromatic heterocycles. The molecule has 4 rings (SSSR count). The van der Waals surface area contributed by atoms with Crippen LogP contribution in [0, 0.1) is 11.8 Å². The van der Waals surface area contributed by atoms with Crippen molar-refractivity contribution in [2.24, 2.45) is 0 Å². The van der Waals surface area contributed by atoms with E-state index in [1.165, 1.54) is 18.3 Å². The van der Waals surface area contributed by atoms with Crippen molar-refractivity contribution in [2.45, 2.75) is 4.90 Å². The van der Waals surface area contributed by atoms with Gasteiger partial charge in [0.1, 0.15) is 5.69 Å². The van der Waals surface area contributed by atoms with Gasteiger partial charge in [0.2, 0.25) is 0 Å². The Morgan fingerprint density at radius 3 is 2.35 bits per heavy atom. The molecule has 0 radical (unpaired) electrons. The van der Waals surface area contributed by atoms with Crippen LogP contribution >= 0.6 is 0 Å². The summed E-state index contributed by atoms with van der Waals surface area (Å²) in [5.74, 6) is 4.65. The van der Waals surface area contributed by atoms with Crippen molar-refractivity contribution in [1.29, 1.82) is 0 Å². The zero-order valence-corrected chi connectivity index (χ0v) is 16.9. The molecule has 0 amide bonds. The second-order valence-corrected chi connectivity index (χ2v) is 8.33. The molecule has 0 unspecified atom stereocenters. The largest absolute Gasteiger partial charge is 0.478 e. The summed E-state index contributed by atoms with van der Waals surface area (Å²) in [6, 6.07) is 22.2. The number of para-hydroxylation sites is 1. The number of nitrogens with one attached hydrogen (secondary N) is 1. The van der Waals surface area contributed by atoms with Crippen LogP contribution in [0.5, 0.6) is 0 Å². The maximum Gasteiger partial charge on any atom is 0.337 e. The van der Waals surface area contributed by atoms with Crippen LogP contribution in [-0.4, -0.2) is 24.5 Å². The highest BCUT2D eigenvalue weighted by molar-refractivity contribution is 7.92. The van der Waals surface area contributed by atoms with Crippen LogP contribution in [0.1, 0.15) is 21.6 Å². The zero-order valence-electron chi connectivity index (χ0n) is 16.1. The normalized spacial score (nSPS) is 10.8. The third-order valence-corrected chi connectivity index (χ3v) is 5.90. The molecular weight excluding hydrogens is 412 g/mol. The molecule has 0 aliphatic rings. The van der Waals surface area contributed by atoms with E-state index in [4.69, 9.17) is 5.11 Å². The Labute approximate surface area is 179 Å². The van der Waals surface area contributed by atoms with Gasteiger partial charge in [0.15, 0.2) is 0 Å². The number of rotatable bonds is 4. The molecule has 0 aliphatic heterocycles. The smallest absolute Gasteiger partial charge is 0.337 e. The number of sulfonamides is 1. The molecule has 0 bridgehead atoms. The predicted molar refractivity (Wildman–Crippen MR) is 118 cm³/mol. The molecule has 0 atom stereocenters. The molecule has 31 heavy (non-hydrogen) atoms. The topological polar surface area (TPSA) is 96.4 Å². The van der Waals surface area contributed by atoms with E-state index in [0.29, 0.717) is 16.9 Å². The van der Waals surface area contributed by atoms with Gasteiger partial charge in [-0.25, -0.2) is 18.2 Å². The van der Waals surface area contributed by atoms with Gasteiger partial charge >= 0.3 is 5.97 Å². The Hall–Kier alpha value is -4.15. The lowest BCUT2D eigenvalue weighted by atomic mass is 10.1. The molecule has 0 spiro atoms. The number of aromatic nitrogens is 1. The van der Waals surface area contributed by atoms with Gasteiger partial charge in [-0.15, -0.1) is 0 Å². The maximum atomic E-state index is 12.9. The lowest BCUT2D eigenvalue weighted by Crippen LogP contribution is -2.13. The average Bonchev–Trinajstić information content (AvgIpc) is 2.78. The number of nitrogens with zero attached hydrogens (tertiary/aromatic N) is 1. The number of aromatic carboxylic acids is 1. The number of carboxylic acids is 1. The monoisotopic (exact) mass is 428 g/mol. The lowest BCUT2D eigenvalue weighted by molar-refractivity contribution is 0.0696. The van der Waals surface area contributed by atoms with Gasteiger partial charge < -0.3 is 5.11 Å². The van der Waals surface area contributed by atoms with Crippen molar-refractivity contribution >= 4 is 32.5 Å². The standard InChI is InChI=1S/C24H16N2O4S/c27-24(28)20-10-13-21(25-16-20)12-9-18-6-3-4-8-23(18)26-31(29,30)22-14-11-17-5-1-2-7-19(17)15-22/h1-8,10-11,13-16,26H,(H,27,28). The van der Waals surface area contributed by atoms with E-state index in [2.05, 4.69) is 21.5 Å². The van der Waals surface area contributed by atoms with Crippen molar-refractivity contribution in [3.05, 3.63) is 102 Å². The second-order valence-electron chi connectivity index (χ2n) is 6.65. The Morgan fingerprint density at radius 1 is 0.871 bits per heavy atom. The Bertz CT molecular complexity index is 1450. The molecule has 3 aromatic carbocycles. The summed E-state index contributed by atoms with van der Waals surface area (Å²) < 4.78 is 28.5. The molecule has 4 aromatic rings. The lowest BCUT2D eigenvalue weighted by Gasteiger charge is -2.10. The number of carbonyl (C=O) groups is 1. The summed E-state index contributed by atoms with van der Waals surface area (Å²) in [5, 5.41) is 10.7. The van der Waals surface area contributed by atoms with E-state index in [9.17, 15) is 13.2 Å². The predicted octanol–water partition coefficient (Wildman–Crippen LogP) is 4.13. The number of hydrogen-bond donors (Lipinski definition) is 2. The zero-order chi connectivity index (χ0) is 21.8. The van der Waals surface area contributed by atoms with Gasteiger partial charge in [-0.3, -0.25) is 4.72 Å². The molecule has 0 fully saturated rings. The van der Waals surface area contributed by atoms with Crippen molar-refractivity contribution in [2.75, 3.05) is 4.72 Å². The molecule has 152 valence electrons. The van der Waals surface area contributed by atoms with E-state index in [-0.39, 0.29) is 10.5 Å². The Balaban J connectivity index is 1.63. The van der Waals surface area contributed by atoms with Crippen LogP contribution in [0.3, 0.4) is 0 Å². The fraction of sp³-hybridized carbons (Fsp3) is 0. The summed E-state index contributed by atoms with van der Waals surface area (Å²) in [4.78, 5) is 15.1. The fourth-order valence-electron chi connectivity index (χ4n) is 2.95. The summed E-state index contributed by atoms with van der Waals surface area (Å²) in [6.07, 6.45) is 1.22. The van der Waals surface area contributed by atoms with Gasteiger partial charge in [0.25, 0.3) is 10.0 Å². The molecular formula is C24H16N2O4S. The molecule has 0 saturated carbocycles. The maximum absolute atomic E-state index is 12.9. The number of fused-ring (bicyclic) bond motifs is 1. The molecule has 2 N–H and O–H groups in total. The Kier molecular flexibility index (Phi) is 5.39. The molecule has 1 heterocycles. The van der Waals surface area contributed by atoms with Gasteiger partial charge in [0.05, 0.1) is 16.1 Å². The molecule has 0 saturated heterocycles. The van der Waals surface area contributed by atoms with Crippen LogP contribution in [-0.2, 0) is 10.0 Å². The van der Waals surface area contributed by atoms with Gasteiger partial charge in [-0.2, -0.15) is 0 Å². The van der Waals surface area contributed by atoms with Crippen LogP contribution in [0.2, 0.25) is 0 Å². The van der Waals surface area contributed by atoms with Gasteiger partial charge in [0, 0.05) is 11.8 Å². The summed E-state index contributed by atoms with van der Waals surface area (Å²) >= 11 is 0. The minimum Gasteiger partial charge on any atom is -0.478 e. The van der Waals surface area contributed by atoms with Crippen molar-refractivity contribution in [1.82, 2.24) is 4.98 Å². The third kappa shape index (κ3) is 4.55. The quantitative estimate of drug-likeness (QED) is 0.477. The van der Waals surface area contributed by atoms with Gasteiger partial charge in [-0.1, -0.05) is 48.4 Å². The van der Waals surface area contributed by atoms with Crippen molar-refractivity contribution in [3.63, 3.8) is 0 Å². The minimum absolute atomic E-state index is 0.0640. The first-order valence-electron chi connectivity index (χ1n) is 9.24. The van der Waals surface area contributed by atoms with E-state index >= 15 is 0 Å². The number of hydrogen-bond acceptors (Lipinski definition) is 4. The second kappa shape index (κ2) is 8.30. The van der Waals surface area contributed by atoms with Crippen LogP contribution in [0.15, 0.2) is 90.0 Å². The van der Waals surface area contributed by atoms with E-state index < -0.39 is 16.0 Å². The number of benzene rings is 3. The fourth-order valence-corrected chi connectivity index (χ4v) is 4.06. The number of anilines is 1. The summed E-state index contributed by atoms with van der Waals surface area (Å²) in [5.41, 5.74) is 1.24. The first kappa shape index (κ1) is 20.1. The first-order valence-corrected chi connectivity index (χ1v) is 10.7. The van der Waals surface area contributed by atoms with Crippen LogP contribution in [0.25, 0.3) is 10.8 Å². The highest BCUT2D eigenvalue weighted by Gasteiger charge is 2.16. The van der Waals surface area contributed by atoms with Crippen molar-refractivity contribution < 1.29 is 18.3 Å². The Morgan fingerprint density at radius 2 is 1.61 bits per heavy atom. The van der Waals surface area contributed by atoms with Crippen LogP contribution < -0.4 is 4.72 Å². The van der Waals surface area contributed by atoms with E-state index in [0.717, 1.165) is 10.8 Å². The average molecular weight is 428 g/mol.